The van der Waals surface area contributed by atoms with Crippen LogP contribution in [0, 0.1) is 5.41 Å². The predicted molar refractivity (Wildman–Crippen MR) is 69.4 cm³/mol. The molecule has 0 radical (unpaired) electrons. The van der Waals surface area contributed by atoms with Crippen molar-refractivity contribution in [2.24, 2.45) is 11.1 Å². The van der Waals surface area contributed by atoms with Gasteiger partial charge in [0, 0.05) is 19.2 Å². The van der Waals surface area contributed by atoms with E-state index in [0.29, 0.717) is 11.3 Å². The number of hydrogen-bond acceptors (Lipinski definition) is 4. The third-order valence-corrected chi connectivity index (χ3v) is 3.71. The number of nitrogens with two attached hydrogens (primary N) is 1. The van der Waals surface area contributed by atoms with Gasteiger partial charge in [-0.05, 0) is 30.9 Å². The fourth-order valence-electron chi connectivity index (χ4n) is 2.17. The number of rotatable bonds is 3. The van der Waals surface area contributed by atoms with Crippen molar-refractivity contribution in [3.05, 3.63) is 18.2 Å². The zero-order valence-corrected chi connectivity index (χ0v) is 10.6. The second-order valence-electron chi connectivity index (χ2n) is 5.04. The second kappa shape index (κ2) is 4.92. The van der Waals surface area contributed by atoms with Crippen molar-refractivity contribution in [3.63, 3.8) is 0 Å². The minimum Gasteiger partial charge on any atom is -0.481 e. The molecule has 0 aromatic carbocycles. The molecule has 0 aliphatic carbocycles. The average Bonchev–Trinajstić information content (AvgIpc) is 2.40. The lowest BCUT2D eigenvalue weighted by molar-refractivity contribution is 0.257. The first-order valence-electron chi connectivity index (χ1n) is 6.13. The summed E-state index contributed by atoms with van der Waals surface area (Å²) in [5.41, 5.74) is 6.11. The summed E-state index contributed by atoms with van der Waals surface area (Å²) in [6, 6.07) is 5.89. The Hall–Kier alpha value is -1.29. The SMILES string of the molecule is COc1cccc(N2CCC(C)(CN)CC2)n1. The van der Waals surface area contributed by atoms with Gasteiger partial charge in [0.25, 0.3) is 0 Å². The number of nitrogens with zero attached hydrogens (tertiary/aromatic N) is 2. The van der Waals surface area contributed by atoms with Gasteiger partial charge in [0.2, 0.25) is 5.88 Å². The Morgan fingerprint density at radius 1 is 1.41 bits per heavy atom. The van der Waals surface area contributed by atoms with E-state index in [9.17, 15) is 0 Å². The second-order valence-corrected chi connectivity index (χ2v) is 5.04. The van der Waals surface area contributed by atoms with Crippen LogP contribution in [0.1, 0.15) is 19.8 Å². The van der Waals surface area contributed by atoms with Crippen LogP contribution in [0.15, 0.2) is 18.2 Å². The molecule has 1 aromatic heterocycles. The molecule has 1 aliphatic rings. The topological polar surface area (TPSA) is 51.4 Å². The molecule has 1 aromatic rings. The summed E-state index contributed by atoms with van der Waals surface area (Å²) < 4.78 is 5.15. The van der Waals surface area contributed by atoms with Crippen LogP contribution in [-0.2, 0) is 0 Å². The number of hydrogen-bond donors (Lipinski definition) is 1. The van der Waals surface area contributed by atoms with Crippen LogP contribution in [0.3, 0.4) is 0 Å². The third-order valence-electron chi connectivity index (χ3n) is 3.71. The number of methoxy groups -OCH3 is 1. The smallest absolute Gasteiger partial charge is 0.214 e. The van der Waals surface area contributed by atoms with Gasteiger partial charge in [-0.1, -0.05) is 13.0 Å². The van der Waals surface area contributed by atoms with Gasteiger partial charge in [-0.2, -0.15) is 4.98 Å². The molecule has 94 valence electrons. The number of piperidine rings is 1. The van der Waals surface area contributed by atoms with Crippen molar-refractivity contribution >= 4 is 5.82 Å². The van der Waals surface area contributed by atoms with Crippen molar-refractivity contribution in [2.75, 3.05) is 31.6 Å². The van der Waals surface area contributed by atoms with E-state index in [4.69, 9.17) is 10.5 Å². The maximum absolute atomic E-state index is 5.81. The van der Waals surface area contributed by atoms with E-state index in [1.54, 1.807) is 7.11 Å². The zero-order valence-electron chi connectivity index (χ0n) is 10.6. The first kappa shape index (κ1) is 12.2. The standard InChI is InChI=1S/C13H21N3O/c1-13(10-14)6-8-16(9-7-13)11-4-3-5-12(15-11)17-2/h3-5H,6-10,14H2,1-2H3. The van der Waals surface area contributed by atoms with Crippen molar-refractivity contribution in [1.82, 2.24) is 4.98 Å². The van der Waals surface area contributed by atoms with Crippen LogP contribution in [-0.4, -0.2) is 31.7 Å². The number of aromatic nitrogens is 1. The zero-order chi connectivity index (χ0) is 12.3. The molecule has 2 rings (SSSR count). The minimum absolute atomic E-state index is 0.301. The lowest BCUT2D eigenvalue weighted by Gasteiger charge is -2.39. The monoisotopic (exact) mass is 235 g/mol. The van der Waals surface area contributed by atoms with E-state index >= 15 is 0 Å². The highest BCUT2D eigenvalue weighted by Crippen LogP contribution is 2.31. The molecule has 1 fully saturated rings. The Kier molecular flexibility index (Phi) is 3.52. The van der Waals surface area contributed by atoms with Crippen LogP contribution in [0.2, 0.25) is 0 Å². The highest BCUT2D eigenvalue weighted by Gasteiger charge is 2.29. The Balaban J connectivity index is 2.05. The van der Waals surface area contributed by atoms with E-state index in [2.05, 4.69) is 16.8 Å². The summed E-state index contributed by atoms with van der Waals surface area (Å²) in [5.74, 6) is 1.68. The van der Waals surface area contributed by atoms with Gasteiger partial charge >= 0.3 is 0 Å². The van der Waals surface area contributed by atoms with E-state index in [1.165, 1.54) is 0 Å². The van der Waals surface area contributed by atoms with Crippen LogP contribution >= 0.6 is 0 Å². The van der Waals surface area contributed by atoms with Crippen LogP contribution in [0.4, 0.5) is 5.82 Å². The summed E-state index contributed by atoms with van der Waals surface area (Å²) in [7, 11) is 1.65. The molecule has 0 bridgehead atoms. The normalized spacial score (nSPS) is 19.1. The Labute approximate surface area is 103 Å². The molecule has 2 N–H and O–H groups in total. The van der Waals surface area contributed by atoms with Gasteiger partial charge < -0.3 is 15.4 Å². The first-order valence-corrected chi connectivity index (χ1v) is 6.13. The van der Waals surface area contributed by atoms with E-state index in [1.807, 2.05) is 18.2 Å². The molecular weight excluding hydrogens is 214 g/mol. The molecule has 0 saturated carbocycles. The Morgan fingerprint density at radius 2 is 2.12 bits per heavy atom. The van der Waals surface area contributed by atoms with E-state index < -0.39 is 0 Å². The van der Waals surface area contributed by atoms with Crippen molar-refractivity contribution in [1.29, 1.82) is 0 Å². The molecule has 1 aliphatic heterocycles. The summed E-state index contributed by atoms with van der Waals surface area (Å²) >= 11 is 0. The fraction of sp³-hybridized carbons (Fsp3) is 0.615. The molecule has 2 heterocycles. The summed E-state index contributed by atoms with van der Waals surface area (Å²) in [6.07, 6.45) is 2.25. The Bertz CT molecular complexity index is 373. The molecule has 4 nitrogen and oxygen atoms in total. The van der Waals surface area contributed by atoms with Gasteiger partial charge in [0.1, 0.15) is 5.82 Å². The highest BCUT2D eigenvalue weighted by atomic mass is 16.5. The van der Waals surface area contributed by atoms with Gasteiger partial charge in [-0.25, -0.2) is 0 Å². The number of anilines is 1. The molecule has 0 amide bonds. The van der Waals surface area contributed by atoms with Crippen LogP contribution in [0.5, 0.6) is 5.88 Å². The molecular formula is C13H21N3O. The molecule has 0 spiro atoms. The molecule has 1 saturated heterocycles. The maximum Gasteiger partial charge on any atom is 0.214 e. The average molecular weight is 235 g/mol. The lowest BCUT2D eigenvalue weighted by Crippen LogP contribution is -2.42. The van der Waals surface area contributed by atoms with Crippen molar-refractivity contribution in [2.45, 2.75) is 19.8 Å². The highest BCUT2D eigenvalue weighted by molar-refractivity contribution is 5.41. The van der Waals surface area contributed by atoms with Gasteiger partial charge in [-0.15, -0.1) is 0 Å². The first-order chi connectivity index (χ1) is 8.17. The Morgan fingerprint density at radius 3 is 2.71 bits per heavy atom. The number of pyridine rings is 1. The largest absolute Gasteiger partial charge is 0.481 e. The van der Waals surface area contributed by atoms with Gasteiger partial charge in [0.15, 0.2) is 0 Å². The summed E-state index contributed by atoms with van der Waals surface area (Å²) in [4.78, 5) is 6.77. The van der Waals surface area contributed by atoms with Crippen LogP contribution < -0.4 is 15.4 Å². The van der Waals surface area contributed by atoms with Crippen LogP contribution in [0.25, 0.3) is 0 Å². The number of ether oxygens (including phenoxy) is 1. The summed E-state index contributed by atoms with van der Waals surface area (Å²) in [5, 5.41) is 0. The fourth-order valence-corrected chi connectivity index (χ4v) is 2.17. The molecule has 0 unspecified atom stereocenters. The molecule has 4 heteroatoms. The van der Waals surface area contributed by atoms with Gasteiger partial charge in [0.05, 0.1) is 7.11 Å². The molecule has 17 heavy (non-hydrogen) atoms. The van der Waals surface area contributed by atoms with Crippen molar-refractivity contribution in [3.8, 4) is 5.88 Å². The predicted octanol–water partition coefficient (Wildman–Crippen LogP) is 1.66. The lowest BCUT2D eigenvalue weighted by atomic mass is 9.80. The summed E-state index contributed by atoms with van der Waals surface area (Å²) in [6.45, 7) is 5.08. The van der Waals surface area contributed by atoms with Crippen molar-refractivity contribution < 1.29 is 4.74 Å². The molecule has 0 atom stereocenters. The maximum atomic E-state index is 5.81. The third kappa shape index (κ3) is 2.69. The minimum atomic E-state index is 0.301. The van der Waals surface area contributed by atoms with E-state index in [0.717, 1.165) is 38.3 Å². The van der Waals surface area contributed by atoms with Gasteiger partial charge in [-0.3, -0.25) is 0 Å². The quantitative estimate of drug-likeness (QED) is 0.865. The van der Waals surface area contributed by atoms with E-state index in [-0.39, 0.29) is 0 Å².